The molecule has 160 valence electrons. The van der Waals surface area contributed by atoms with Gasteiger partial charge in [0.2, 0.25) is 0 Å². The first kappa shape index (κ1) is 25.2. The van der Waals surface area contributed by atoms with Crippen molar-refractivity contribution in [2.75, 3.05) is 0 Å². The van der Waals surface area contributed by atoms with E-state index in [0.717, 1.165) is 5.94 Å². The first-order chi connectivity index (χ1) is 12.6. The van der Waals surface area contributed by atoms with Gasteiger partial charge in [0.25, 0.3) is 0 Å². The van der Waals surface area contributed by atoms with Crippen LogP contribution in [0.15, 0.2) is 0 Å². The van der Waals surface area contributed by atoms with Crippen molar-refractivity contribution in [3.8, 4) is 0 Å². The van der Waals surface area contributed by atoms with Gasteiger partial charge in [-0.2, -0.15) is 0 Å². The Morgan fingerprint density at radius 2 is 1.22 bits per heavy atom. The molecular formula is C22H47BO3Si. The van der Waals surface area contributed by atoms with E-state index in [1.54, 1.807) is 0 Å². The normalized spacial score (nSPS) is 19.2. The quantitative estimate of drug-likeness (QED) is 0.230. The van der Waals surface area contributed by atoms with Gasteiger partial charge in [0, 0.05) is 12.0 Å². The molecule has 0 amide bonds. The lowest BCUT2D eigenvalue weighted by Crippen LogP contribution is -2.45. The molecule has 3 nitrogen and oxygen atoms in total. The van der Waals surface area contributed by atoms with E-state index in [1.807, 2.05) is 0 Å². The fraction of sp³-hybridized carbons (Fsp3) is 1.00. The fourth-order valence-electron chi connectivity index (χ4n) is 4.10. The lowest BCUT2D eigenvalue weighted by molar-refractivity contribution is 0.00578. The number of hydrogen-bond acceptors (Lipinski definition) is 3. The molecule has 0 unspecified atom stereocenters. The molecule has 5 heteroatoms. The van der Waals surface area contributed by atoms with Gasteiger partial charge in [0.1, 0.15) is 0 Å². The van der Waals surface area contributed by atoms with E-state index >= 15 is 0 Å². The zero-order valence-electron chi connectivity index (χ0n) is 19.7. The van der Waals surface area contributed by atoms with Crippen molar-refractivity contribution in [3.63, 3.8) is 0 Å². The second-order valence-corrected chi connectivity index (χ2v) is 13.9. The highest BCUT2D eigenvalue weighted by atomic mass is 28.4. The van der Waals surface area contributed by atoms with Crippen molar-refractivity contribution in [3.05, 3.63) is 0 Å². The Kier molecular flexibility index (Phi) is 10.6. The summed E-state index contributed by atoms with van der Waals surface area (Å²) in [7, 11) is -2.01. The van der Waals surface area contributed by atoms with Gasteiger partial charge >= 0.3 is 7.12 Å². The largest absolute Gasteiger partial charge is 0.457 e. The summed E-state index contributed by atoms with van der Waals surface area (Å²) in [6.45, 7) is 17.6. The second kappa shape index (κ2) is 11.4. The van der Waals surface area contributed by atoms with Crippen LogP contribution in [0.5, 0.6) is 0 Å². The van der Waals surface area contributed by atoms with E-state index in [-0.39, 0.29) is 24.4 Å². The van der Waals surface area contributed by atoms with Gasteiger partial charge in [-0.25, -0.2) is 0 Å². The van der Waals surface area contributed by atoms with E-state index in [1.165, 1.54) is 63.5 Å². The summed E-state index contributed by atoms with van der Waals surface area (Å²) < 4.78 is 19.6. The fourth-order valence-corrected chi connectivity index (χ4v) is 8.65. The van der Waals surface area contributed by atoms with Crippen LogP contribution in [0.1, 0.15) is 107 Å². The number of hydrogen-bond donors (Lipinski definition) is 0. The Labute approximate surface area is 171 Å². The Morgan fingerprint density at radius 3 is 1.59 bits per heavy atom. The molecule has 1 aliphatic rings. The average molecular weight is 399 g/mol. The van der Waals surface area contributed by atoms with Gasteiger partial charge in [0.05, 0.1) is 11.2 Å². The summed E-state index contributed by atoms with van der Waals surface area (Å²) in [6.07, 6.45) is 10.8. The Bertz CT molecular complexity index is 384. The maximum absolute atomic E-state index is 6.78. The zero-order valence-corrected chi connectivity index (χ0v) is 20.7. The summed E-state index contributed by atoms with van der Waals surface area (Å²) in [5, 5.41) is 0. The molecule has 1 saturated heterocycles. The highest BCUT2D eigenvalue weighted by Gasteiger charge is 2.54. The van der Waals surface area contributed by atoms with E-state index < -0.39 is 8.32 Å². The van der Waals surface area contributed by atoms with Crippen LogP contribution in [0.3, 0.4) is 0 Å². The molecule has 0 aromatic heterocycles. The van der Waals surface area contributed by atoms with Crippen molar-refractivity contribution in [2.24, 2.45) is 0 Å². The van der Waals surface area contributed by atoms with Crippen LogP contribution in [-0.4, -0.2) is 32.7 Å². The second-order valence-electron chi connectivity index (χ2n) is 9.86. The van der Waals surface area contributed by atoms with Crippen LogP contribution >= 0.6 is 0 Å². The molecule has 1 aliphatic heterocycles. The third-order valence-corrected chi connectivity index (χ3v) is 10.9. The predicted molar refractivity (Wildman–Crippen MR) is 121 cm³/mol. The molecule has 0 aliphatic carbocycles. The molecule has 0 aromatic rings. The van der Waals surface area contributed by atoms with Gasteiger partial charge in [-0.15, -0.1) is 0 Å². The third-order valence-electron chi connectivity index (χ3n) is 6.30. The van der Waals surface area contributed by atoms with Gasteiger partial charge in [0.15, 0.2) is 8.32 Å². The SMILES string of the molecule is CCCCCC[Si](CCCCCC)(CB1OC(C)(C)C(C)(C)O1)OC(C)C. The summed E-state index contributed by atoms with van der Waals surface area (Å²) in [6, 6.07) is 2.50. The molecule has 0 saturated carbocycles. The molecule has 0 radical (unpaired) electrons. The van der Waals surface area contributed by atoms with E-state index in [2.05, 4.69) is 55.4 Å². The smallest absolute Gasteiger partial charge is 0.415 e. The van der Waals surface area contributed by atoms with Crippen molar-refractivity contribution in [1.82, 2.24) is 0 Å². The topological polar surface area (TPSA) is 27.7 Å². The summed E-state index contributed by atoms with van der Waals surface area (Å²) in [4.78, 5) is 0. The van der Waals surface area contributed by atoms with Crippen molar-refractivity contribution in [1.29, 1.82) is 0 Å². The first-order valence-electron chi connectivity index (χ1n) is 11.6. The minimum Gasteiger partial charge on any atom is -0.415 e. The summed E-state index contributed by atoms with van der Waals surface area (Å²) >= 11 is 0. The van der Waals surface area contributed by atoms with E-state index in [9.17, 15) is 0 Å². The molecule has 1 fully saturated rings. The van der Waals surface area contributed by atoms with Crippen molar-refractivity contribution >= 4 is 15.4 Å². The Hall–Kier alpha value is 0.162. The Morgan fingerprint density at radius 1 is 0.778 bits per heavy atom. The highest BCUT2D eigenvalue weighted by molar-refractivity contribution is 6.83. The first-order valence-corrected chi connectivity index (χ1v) is 14.1. The van der Waals surface area contributed by atoms with Crippen molar-refractivity contribution < 1.29 is 13.7 Å². The van der Waals surface area contributed by atoms with Crippen LogP contribution in [0.25, 0.3) is 0 Å². The molecule has 0 aromatic carbocycles. The molecule has 0 spiro atoms. The standard InChI is InChI=1S/C22H47BO3Si/c1-9-11-13-15-17-27(24-20(3)4,18-16-14-12-10-2)19-23-25-21(5,6)22(7,8)26-23/h20H,9-19H2,1-8H3. The minimum absolute atomic E-state index is 0.113. The molecule has 27 heavy (non-hydrogen) atoms. The predicted octanol–water partition coefficient (Wildman–Crippen LogP) is 7.15. The van der Waals surface area contributed by atoms with Crippen LogP contribution in [-0.2, 0) is 13.7 Å². The van der Waals surface area contributed by atoms with Gasteiger partial charge in [-0.3, -0.25) is 0 Å². The van der Waals surface area contributed by atoms with Crippen molar-refractivity contribution in [2.45, 2.75) is 142 Å². The average Bonchev–Trinajstić information content (AvgIpc) is 2.74. The maximum atomic E-state index is 6.78. The summed E-state index contributed by atoms with van der Waals surface area (Å²) in [5.74, 6) is 0.982. The molecule has 0 N–H and O–H groups in total. The monoisotopic (exact) mass is 398 g/mol. The molecular weight excluding hydrogens is 351 g/mol. The molecule has 0 bridgehead atoms. The minimum atomic E-state index is -1.90. The van der Waals surface area contributed by atoms with E-state index in [4.69, 9.17) is 13.7 Å². The van der Waals surface area contributed by atoms with Crippen LogP contribution in [0, 0.1) is 0 Å². The molecule has 1 heterocycles. The van der Waals surface area contributed by atoms with Crippen LogP contribution < -0.4 is 0 Å². The van der Waals surface area contributed by atoms with Gasteiger partial charge in [-0.05, 0) is 53.6 Å². The lowest BCUT2D eigenvalue weighted by atomic mass is 9.90. The highest BCUT2D eigenvalue weighted by Crippen LogP contribution is 2.41. The Balaban J connectivity index is 2.87. The molecule has 1 rings (SSSR count). The summed E-state index contributed by atoms with van der Waals surface area (Å²) in [5.41, 5.74) is -0.500. The number of unbranched alkanes of at least 4 members (excludes halogenated alkanes) is 6. The van der Waals surface area contributed by atoms with Gasteiger partial charge < -0.3 is 13.7 Å². The number of rotatable bonds is 14. The molecule has 0 atom stereocenters. The van der Waals surface area contributed by atoms with Crippen LogP contribution in [0.2, 0.25) is 18.0 Å². The maximum Gasteiger partial charge on any atom is 0.457 e. The van der Waals surface area contributed by atoms with Crippen LogP contribution in [0.4, 0.5) is 0 Å². The van der Waals surface area contributed by atoms with E-state index in [0.29, 0.717) is 0 Å². The third kappa shape index (κ3) is 8.20. The van der Waals surface area contributed by atoms with Gasteiger partial charge in [-0.1, -0.05) is 65.2 Å². The zero-order chi connectivity index (χ0) is 20.6. The lowest BCUT2D eigenvalue weighted by Gasteiger charge is -2.34.